The summed E-state index contributed by atoms with van der Waals surface area (Å²) in [6, 6.07) is 1.31. The summed E-state index contributed by atoms with van der Waals surface area (Å²) in [5.41, 5.74) is 0. The fourth-order valence-corrected chi connectivity index (χ4v) is 2.65. The SMILES string of the molecule is CCNC(CC)C(C)N1CCCN(C)CC1. The molecule has 3 nitrogen and oxygen atoms in total. The van der Waals surface area contributed by atoms with E-state index in [1.54, 1.807) is 0 Å². The highest BCUT2D eigenvalue weighted by Gasteiger charge is 2.22. The van der Waals surface area contributed by atoms with Crippen molar-refractivity contribution < 1.29 is 0 Å². The third-order valence-electron chi connectivity index (χ3n) is 3.82. The van der Waals surface area contributed by atoms with E-state index >= 15 is 0 Å². The van der Waals surface area contributed by atoms with Crippen molar-refractivity contribution in [2.45, 2.75) is 45.7 Å². The zero-order chi connectivity index (χ0) is 12.0. The molecule has 96 valence electrons. The third kappa shape index (κ3) is 4.04. The van der Waals surface area contributed by atoms with Gasteiger partial charge in [0, 0.05) is 25.2 Å². The van der Waals surface area contributed by atoms with Crippen LogP contribution < -0.4 is 5.32 Å². The second-order valence-electron chi connectivity index (χ2n) is 5.01. The van der Waals surface area contributed by atoms with Gasteiger partial charge in [-0.2, -0.15) is 0 Å². The highest BCUT2D eigenvalue weighted by atomic mass is 15.2. The lowest BCUT2D eigenvalue weighted by Crippen LogP contribution is -2.49. The lowest BCUT2D eigenvalue weighted by Gasteiger charge is -2.34. The van der Waals surface area contributed by atoms with Crippen LogP contribution in [0.5, 0.6) is 0 Å². The first-order valence-electron chi connectivity index (χ1n) is 6.85. The van der Waals surface area contributed by atoms with E-state index in [0.29, 0.717) is 12.1 Å². The average molecular weight is 227 g/mol. The van der Waals surface area contributed by atoms with E-state index in [4.69, 9.17) is 0 Å². The maximum absolute atomic E-state index is 3.61. The lowest BCUT2D eigenvalue weighted by atomic mass is 10.1. The van der Waals surface area contributed by atoms with Gasteiger partial charge < -0.3 is 10.2 Å². The number of hydrogen-bond donors (Lipinski definition) is 1. The van der Waals surface area contributed by atoms with Crippen molar-refractivity contribution in [1.29, 1.82) is 0 Å². The molecule has 0 aromatic rings. The van der Waals surface area contributed by atoms with Crippen LogP contribution in [0.25, 0.3) is 0 Å². The number of nitrogens with zero attached hydrogens (tertiary/aromatic N) is 2. The Hall–Kier alpha value is -0.120. The van der Waals surface area contributed by atoms with Gasteiger partial charge in [-0.05, 0) is 46.4 Å². The highest BCUT2D eigenvalue weighted by Crippen LogP contribution is 2.11. The fraction of sp³-hybridized carbons (Fsp3) is 1.00. The largest absolute Gasteiger partial charge is 0.313 e. The van der Waals surface area contributed by atoms with Crippen LogP contribution in [-0.2, 0) is 0 Å². The standard InChI is InChI=1S/C13H29N3/c1-5-13(14-6-2)12(3)16-9-7-8-15(4)10-11-16/h12-14H,5-11H2,1-4H3. The zero-order valence-corrected chi connectivity index (χ0v) is 11.5. The van der Waals surface area contributed by atoms with Gasteiger partial charge in [-0.15, -0.1) is 0 Å². The number of likely N-dealkylation sites (N-methyl/N-ethyl adjacent to an activating group) is 2. The minimum Gasteiger partial charge on any atom is -0.313 e. The normalized spacial score (nSPS) is 24.0. The summed E-state index contributed by atoms with van der Waals surface area (Å²) in [6.07, 6.45) is 2.53. The predicted octanol–water partition coefficient (Wildman–Crippen LogP) is 1.40. The molecule has 0 bridgehead atoms. The summed E-state index contributed by atoms with van der Waals surface area (Å²) in [5.74, 6) is 0. The van der Waals surface area contributed by atoms with Crippen molar-refractivity contribution in [2.24, 2.45) is 0 Å². The first-order valence-corrected chi connectivity index (χ1v) is 6.85. The topological polar surface area (TPSA) is 18.5 Å². The monoisotopic (exact) mass is 227 g/mol. The first kappa shape index (κ1) is 13.9. The van der Waals surface area contributed by atoms with Crippen LogP contribution in [0.1, 0.15) is 33.6 Å². The molecule has 1 aliphatic rings. The Morgan fingerprint density at radius 2 is 1.88 bits per heavy atom. The van der Waals surface area contributed by atoms with Gasteiger partial charge in [-0.25, -0.2) is 0 Å². The lowest BCUT2D eigenvalue weighted by molar-refractivity contribution is 0.172. The Morgan fingerprint density at radius 1 is 1.12 bits per heavy atom. The number of nitrogens with one attached hydrogen (secondary N) is 1. The molecule has 0 amide bonds. The molecular formula is C13H29N3. The molecular weight excluding hydrogens is 198 g/mol. The summed E-state index contributed by atoms with van der Waals surface area (Å²) >= 11 is 0. The molecule has 0 saturated carbocycles. The predicted molar refractivity (Wildman–Crippen MR) is 70.9 cm³/mol. The van der Waals surface area contributed by atoms with E-state index in [-0.39, 0.29) is 0 Å². The van der Waals surface area contributed by atoms with Gasteiger partial charge in [0.15, 0.2) is 0 Å². The highest BCUT2D eigenvalue weighted by molar-refractivity contribution is 4.82. The minimum atomic E-state index is 0.647. The quantitative estimate of drug-likeness (QED) is 0.766. The summed E-state index contributed by atoms with van der Waals surface area (Å²) in [4.78, 5) is 5.10. The molecule has 2 unspecified atom stereocenters. The Balaban J connectivity index is 2.47. The Kier molecular flexibility index (Phi) is 6.32. The third-order valence-corrected chi connectivity index (χ3v) is 3.82. The zero-order valence-electron chi connectivity index (χ0n) is 11.5. The molecule has 1 saturated heterocycles. The van der Waals surface area contributed by atoms with Gasteiger partial charge in [0.25, 0.3) is 0 Å². The maximum Gasteiger partial charge on any atom is 0.0221 e. The summed E-state index contributed by atoms with van der Waals surface area (Å²) < 4.78 is 0. The van der Waals surface area contributed by atoms with Crippen molar-refractivity contribution in [1.82, 2.24) is 15.1 Å². The van der Waals surface area contributed by atoms with E-state index in [1.807, 2.05) is 0 Å². The van der Waals surface area contributed by atoms with Gasteiger partial charge >= 0.3 is 0 Å². The molecule has 1 heterocycles. The molecule has 1 fully saturated rings. The van der Waals surface area contributed by atoms with Gasteiger partial charge in [0.05, 0.1) is 0 Å². The molecule has 3 heteroatoms. The van der Waals surface area contributed by atoms with E-state index in [0.717, 1.165) is 6.54 Å². The second-order valence-corrected chi connectivity index (χ2v) is 5.01. The first-order chi connectivity index (χ1) is 7.69. The fourth-order valence-electron chi connectivity index (χ4n) is 2.65. The molecule has 1 aliphatic heterocycles. The van der Waals surface area contributed by atoms with Crippen LogP contribution in [0, 0.1) is 0 Å². The molecule has 1 rings (SSSR count). The molecule has 1 N–H and O–H groups in total. The van der Waals surface area contributed by atoms with E-state index in [1.165, 1.54) is 39.0 Å². The van der Waals surface area contributed by atoms with Crippen molar-refractivity contribution in [3.8, 4) is 0 Å². The van der Waals surface area contributed by atoms with E-state index in [2.05, 4.69) is 42.9 Å². The van der Waals surface area contributed by atoms with Crippen LogP contribution in [0.2, 0.25) is 0 Å². The number of hydrogen-bond acceptors (Lipinski definition) is 3. The minimum absolute atomic E-state index is 0.647. The maximum atomic E-state index is 3.61. The molecule has 0 aliphatic carbocycles. The van der Waals surface area contributed by atoms with Gasteiger partial charge in [0.2, 0.25) is 0 Å². The summed E-state index contributed by atoms with van der Waals surface area (Å²) in [6.45, 7) is 12.9. The van der Waals surface area contributed by atoms with Crippen molar-refractivity contribution in [3.05, 3.63) is 0 Å². The Labute approximate surface area is 101 Å². The van der Waals surface area contributed by atoms with Crippen molar-refractivity contribution >= 4 is 0 Å². The van der Waals surface area contributed by atoms with Gasteiger partial charge in [-0.3, -0.25) is 4.90 Å². The average Bonchev–Trinajstić information content (AvgIpc) is 2.50. The smallest absolute Gasteiger partial charge is 0.0221 e. The van der Waals surface area contributed by atoms with Crippen molar-refractivity contribution in [2.75, 3.05) is 39.8 Å². The van der Waals surface area contributed by atoms with Crippen LogP contribution in [-0.4, -0.2) is 61.7 Å². The van der Waals surface area contributed by atoms with Crippen LogP contribution in [0.15, 0.2) is 0 Å². The molecule has 0 spiro atoms. The second kappa shape index (κ2) is 7.25. The summed E-state index contributed by atoms with van der Waals surface area (Å²) in [5, 5.41) is 3.61. The molecule has 16 heavy (non-hydrogen) atoms. The Morgan fingerprint density at radius 3 is 2.50 bits per heavy atom. The Bertz CT molecular complexity index is 184. The molecule has 0 aromatic carbocycles. The van der Waals surface area contributed by atoms with Gasteiger partial charge in [0.1, 0.15) is 0 Å². The van der Waals surface area contributed by atoms with Crippen LogP contribution in [0.4, 0.5) is 0 Å². The van der Waals surface area contributed by atoms with Crippen LogP contribution in [0.3, 0.4) is 0 Å². The van der Waals surface area contributed by atoms with E-state index < -0.39 is 0 Å². The molecule has 0 radical (unpaired) electrons. The number of rotatable bonds is 5. The van der Waals surface area contributed by atoms with Gasteiger partial charge in [-0.1, -0.05) is 13.8 Å². The summed E-state index contributed by atoms with van der Waals surface area (Å²) in [7, 11) is 2.23. The molecule has 2 atom stereocenters. The van der Waals surface area contributed by atoms with Crippen LogP contribution >= 0.6 is 0 Å². The van der Waals surface area contributed by atoms with Crippen molar-refractivity contribution in [3.63, 3.8) is 0 Å². The van der Waals surface area contributed by atoms with E-state index in [9.17, 15) is 0 Å². The molecule has 0 aromatic heterocycles.